The quantitative estimate of drug-likeness (QED) is 0.721. The zero-order valence-electron chi connectivity index (χ0n) is 8.23. The van der Waals surface area contributed by atoms with Crippen molar-refractivity contribution in [3.8, 4) is 0 Å². The van der Waals surface area contributed by atoms with Crippen molar-refractivity contribution in [2.45, 2.75) is 19.4 Å². The summed E-state index contributed by atoms with van der Waals surface area (Å²) in [5, 5.41) is 2.85. The molecule has 0 spiro atoms. The molecule has 3 nitrogen and oxygen atoms in total. The van der Waals surface area contributed by atoms with Crippen molar-refractivity contribution >= 4 is 11.7 Å². The van der Waals surface area contributed by atoms with Gasteiger partial charge in [-0.25, -0.2) is 4.79 Å². The Morgan fingerprint density at radius 1 is 1.36 bits per heavy atom. The van der Waals surface area contributed by atoms with Crippen LogP contribution < -0.4 is 10.2 Å². The average molecular weight is 190 g/mol. The van der Waals surface area contributed by atoms with Gasteiger partial charge in [-0.3, -0.25) is 4.90 Å². The van der Waals surface area contributed by atoms with Gasteiger partial charge in [0.25, 0.3) is 0 Å². The Morgan fingerprint density at radius 2 is 2.07 bits per heavy atom. The predicted molar refractivity (Wildman–Crippen MR) is 56.4 cm³/mol. The highest BCUT2D eigenvalue weighted by Crippen LogP contribution is 2.20. The summed E-state index contributed by atoms with van der Waals surface area (Å²) in [6.07, 6.45) is 1.00. The van der Waals surface area contributed by atoms with Crippen molar-refractivity contribution in [3.05, 3.63) is 30.3 Å². The van der Waals surface area contributed by atoms with Gasteiger partial charge in [0.1, 0.15) is 0 Å². The van der Waals surface area contributed by atoms with Crippen LogP contribution in [0.15, 0.2) is 30.3 Å². The highest BCUT2D eigenvalue weighted by atomic mass is 16.2. The van der Waals surface area contributed by atoms with Gasteiger partial charge in [-0.1, -0.05) is 18.2 Å². The van der Waals surface area contributed by atoms with E-state index in [0.29, 0.717) is 0 Å². The number of benzene rings is 1. The highest BCUT2D eigenvalue weighted by molar-refractivity contribution is 5.93. The number of carbonyl (C=O) groups excluding carboxylic acids is 1. The van der Waals surface area contributed by atoms with E-state index in [4.69, 9.17) is 0 Å². The van der Waals surface area contributed by atoms with Gasteiger partial charge < -0.3 is 5.32 Å². The average Bonchev–Trinajstić information content (AvgIpc) is 2.19. The van der Waals surface area contributed by atoms with Crippen LogP contribution in [0.1, 0.15) is 13.3 Å². The molecule has 1 aliphatic heterocycles. The van der Waals surface area contributed by atoms with Crippen LogP contribution in [0.2, 0.25) is 0 Å². The summed E-state index contributed by atoms with van der Waals surface area (Å²) in [5.74, 6) is 0. The number of nitrogens with one attached hydrogen (secondary N) is 1. The lowest BCUT2D eigenvalue weighted by Gasteiger charge is -2.33. The SMILES string of the molecule is CC1CCNC(=O)N1c1ccccc1. The van der Waals surface area contributed by atoms with Crippen LogP contribution in [0.3, 0.4) is 0 Å². The fourth-order valence-corrected chi connectivity index (χ4v) is 1.76. The minimum atomic E-state index is 0.00921. The molecule has 0 radical (unpaired) electrons. The second-order valence-corrected chi connectivity index (χ2v) is 3.58. The lowest BCUT2D eigenvalue weighted by Crippen LogP contribution is -2.51. The normalized spacial score (nSPS) is 21.9. The molecule has 1 aliphatic rings. The van der Waals surface area contributed by atoms with Gasteiger partial charge in [0.05, 0.1) is 0 Å². The highest BCUT2D eigenvalue weighted by Gasteiger charge is 2.25. The number of rotatable bonds is 1. The minimum Gasteiger partial charge on any atom is -0.338 e. The first-order chi connectivity index (χ1) is 6.79. The number of hydrogen-bond donors (Lipinski definition) is 1. The molecule has 1 N–H and O–H groups in total. The molecule has 3 heteroatoms. The molecule has 2 amide bonds. The number of anilines is 1. The molecule has 1 heterocycles. The predicted octanol–water partition coefficient (Wildman–Crippen LogP) is 1.99. The smallest absolute Gasteiger partial charge is 0.322 e. The van der Waals surface area contributed by atoms with Gasteiger partial charge >= 0.3 is 6.03 Å². The molecule has 1 fully saturated rings. The maximum atomic E-state index is 11.6. The molecule has 2 rings (SSSR count). The Balaban J connectivity index is 2.27. The first-order valence-electron chi connectivity index (χ1n) is 4.91. The van der Waals surface area contributed by atoms with Gasteiger partial charge in [0.15, 0.2) is 0 Å². The molecule has 74 valence electrons. The van der Waals surface area contributed by atoms with Crippen LogP contribution >= 0.6 is 0 Å². The van der Waals surface area contributed by atoms with Gasteiger partial charge in [0, 0.05) is 18.3 Å². The molecular weight excluding hydrogens is 176 g/mol. The maximum Gasteiger partial charge on any atom is 0.322 e. The van der Waals surface area contributed by atoms with E-state index in [1.165, 1.54) is 0 Å². The van der Waals surface area contributed by atoms with Crippen LogP contribution in [-0.2, 0) is 0 Å². The van der Waals surface area contributed by atoms with Crippen LogP contribution in [0.5, 0.6) is 0 Å². The topological polar surface area (TPSA) is 32.3 Å². The number of carbonyl (C=O) groups is 1. The molecular formula is C11H14N2O. The summed E-state index contributed by atoms with van der Waals surface area (Å²) in [6.45, 7) is 2.86. The summed E-state index contributed by atoms with van der Waals surface area (Å²) < 4.78 is 0. The lowest BCUT2D eigenvalue weighted by molar-refractivity contribution is 0.239. The maximum absolute atomic E-state index is 11.6. The molecule has 0 bridgehead atoms. The third-order valence-corrected chi connectivity index (χ3v) is 2.53. The molecule has 0 aliphatic carbocycles. The zero-order valence-corrected chi connectivity index (χ0v) is 8.23. The number of amides is 2. The molecule has 1 atom stereocenters. The molecule has 1 aromatic carbocycles. The molecule has 1 unspecified atom stereocenters. The van der Waals surface area contributed by atoms with E-state index in [1.807, 2.05) is 35.2 Å². The lowest BCUT2D eigenvalue weighted by atomic mass is 10.1. The fourth-order valence-electron chi connectivity index (χ4n) is 1.76. The second kappa shape index (κ2) is 3.70. The number of urea groups is 1. The summed E-state index contributed by atoms with van der Waals surface area (Å²) in [5.41, 5.74) is 0.970. The largest absolute Gasteiger partial charge is 0.338 e. The van der Waals surface area contributed by atoms with Crippen molar-refractivity contribution in [2.24, 2.45) is 0 Å². The van der Waals surface area contributed by atoms with E-state index in [1.54, 1.807) is 0 Å². The van der Waals surface area contributed by atoms with Crippen LogP contribution in [-0.4, -0.2) is 18.6 Å². The Kier molecular flexibility index (Phi) is 2.39. The molecule has 0 saturated carbocycles. The van der Waals surface area contributed by atoms with Gasteiger partial charge in [0.2, 0.25) is 0 Å². The minimum absolute atomic E-state index is 0.00921. The second-order valence-electron chi connectivity index (χ2n) is 3.58. The van der Waals surface area contributed by atoms with E-state index in [9.17, 15) is 4.79 Å². The summed E-state index contributed by atoms with van der Waals surface area (Å²) >= 11 is 0. The van der Waals surface area contributed by atoms with E-state index < -0.39 is 0 Å². The summed E-state index contributed by atoms with van der Waals surface area (Å²) in [4.78, 5) is 13.4. The van der Waals surface area contributed by atoms with E-state index in [2.05, 4.69) is 12.2 Å². The Bertz CT molecular complexity index is 323. The Labute approximate surface area is 83.7 Å². The molecule has 1 aromatic rings. The van der Waals surface area contributed by atoms with Gasteiger partial charge in [-0.05, 0) is 25.5 Å². The standard InChI is InChI=1S/C11H14N2O/c1-9-7-8-12-11(14)13(9)10-5-3-2-4-6-10/h2-6,9H,7-8H2,1H3,(H,12,14). The molecule has 14 heavy (non-hydrogen) atoms. The van der Waals surface area contributed by atoms with E-state index >= 15 is 0 Å². The monoisotopic (exact) mass is 190 g/mol. The van der Waals surface area contributed by atoms with Crippen molar-refractivity contribution < 1.29 is 4.79 Å². The summed E-state index contributed by atoms with van der Waals surface area (Å²) in [7, 11) is 0. The first-order valence-corrected chi connectivity index (χ1v) is 4.91. The third kappa shape index (κ3) is 1.58. The van der Waals surface area contributed by atoms with Crippen LogP contribution in [0.4, 0.5) is 10.5 Å². The van der Waals surface area contributed by atoms with Crippen molar-refractivity contribution in [3.63, 3.8) is 0 Å². The van der Waals surface area contributed by atoms with E-state index in [0.717, 1.165) is 18.7 Å². The van der Waals surface area contributed by atoms with Crippen LogP contribution in [0, 0.1) is 0 Å². The van der Waals surface area contributed by atoms with Crippen molar-refractivity contribution in [1.29, 1.82) is 0 Å². The van der Waals surface area contributed by atoms with Crippen molar-refractivity contribution in [2.75, 3.05) is 11.4 Å². The molecule has 1 saturated heterocycles. The Hall–Kier alpha value is -1.51. The van der Waals surface area contributed by atoms with Crippen molar-refractivity contribution in [1.82, 2.24) is 5.32 Å². The van der Waals surface area contributed by atoms with Gasteiger partial charge in [-0.2, -0.15) is 0 Å². The van der Waals surface area contributed by atoms with E-state index in [-0.39, 0.29) is 12.1 Å². The Morgan fingerprint density at radius 3 is 2.71 bits per heavy atom. The third-order valence-electron chi connectivity index (χ3n) is 2.53. The first kappa shape index (κ1) is 9.06. The fraction of sp³-hybridized carbons (Fsp3) is 0.364. The van der Waals surface area contributed by atoms with Crippen LogP contribution in [0.25, 0.3) is 0 Å². The number of hydrogen-bond acceptors (Lipinski definition) is 1. The number of para-hydroxylation sites is 1. The van der Waals surface area contributed by atoms with Gasteiger partial charge in [-0.15, -0.1) is 0 Å². The summed E-state index contributed by atoms with van der Waals surface area (Å²) in [6, 6.07) is 10.1. The zero-order chi connectivity index (χ0) is 9.97. The molecule has 0 aromatic heterocycles. The number of nitrogens with zero attached hydrogens (tertiary/aromatic N) is 1.